The average Bonchev–Trinajstić information content (AvgIpc) is 2.84. The number of benzene rings is 1. The van der Waals surface area contributed by atoms with Crippen LogP contribution in [0.1, 0.15) is 5.56 Å². The summed E-state index contributed by atoms with van der Waals surface area (Å²) in [5.74, 6) is 0.596. The molecule has 0 saturated heterocycles. The lowest BCUT2D eigenvalue weighted by atomic mass is 10.1. The van der Waals surface area contributed by atoms with E-state index < -0.39 is 0 Å². The molecule has 3 N–H and O–H groups in total. The normalized spacial score (nSPS) is 11.9. The number of amides is 2. The fourth-order valence-electron chi connectivity index (χ4n) is 1.89. The monoisotopic (exact) mass is 274 g/mol. The van der Waals surface area contributed by atoms with Crippen LogP contribution >= 0.6 is 0 Å². The zero-order valence-electron chi connectivity index (χ0n) is 11.3. The Balaban J connectivity index is 1.90. The van der Waals surface area contributed by atoms with Crippen LogP contribution in [0.15, 0.2) is 42.6 Å². The van der Waals surface area contributed by atoms with Crippen LogP contribution in [0.4, 0.5) is 10.6 Å². The summed E-state index contributed by atoms with van der Waals surface area (Å²) in [6, 6.07) is 10.7. The number of hydrogen-bond acceptors (Lipinski definition) is 3. The Kier molecular flexibility index (Phi) is 4.73. The number of urea groups is 1. The third kappa shape index (κ3) is 3.83. The summed E-state index contributed by atoms with van der Waals surface area (Å²) >= 11 is 0. The van der Waals surface area contributed by atoms with Crippen molar-refractivity contribution in [1.29, 1.82) is 0 Å². The van der Waals surface area contributed by atoms with Crippen LogP contribution in [0.25, 0.3) is 0 Å². The van der Waals surface area contributed by atoms with E-state index in [0.717, 1.165) is 5.56 Å². The maximum absolute atomic E-state index is 11.8. The minimum Gasteiger partial charge on any atom is -0.394 e. The molecule has 1 aromatic carbocycles. The van der Waals surface area contributed by atoms with Crippen LogP contribution in [0.2, 0.25) is 0 Å². The van der Waals surface area contributed by atoms with Crippen LogP contribution in [0.5, 0.6) is 0 Å². The lowest BCUT2D eigenvalue weighted by Crippen LogP contribution is -2.41. The number of aliphatic hydroxyl groups is 1. The Morgan fingerprint density at radius 1 is 1.35 bits per heavy atom. The highest BCUT2D eigenvalue weighted by atomic mass is 16.3. The van der Waals surface area contributed by atoms with Gasteiger partial charge in [0.15, 0.2) is 0 Å². The third-order valence-corrected chi connectivity index (χ3v) is 2.94. The van der Waals surface area contributed by atoms with Crippen molar-refractivity contribution in [1.82, 2.24) is 15.1 Å². The Morgan fingerprint density at radius 2 is 2.10 bits per heavy atom. The van der Waals surface area contributed by atoms with E-state index in [-0.39, 0.29) is 18.7 Å². The molecular formula is C14H18N4O2. The number of aliphatic hydroxyl groups excluding tert-OH is 1. The second kappa shape index (κ2) is 6.72. The second-order valence-electron chi connectivity index (χ2n) is 4.51. The number of aromatic nitrogens is 2. The minimum absolute atomic E-state index is 0.117. The van der Waals surface area contributed by atoms with E-state index in [1.165, 1.54) is 0 Å². The van der Waals surface area contributed by atoms with Gasteiger partial charge in [-0.15, -0.1) is 0 Å². The van der Waals surface area contributed by atoms with Crippen molar-refractivity contribution in [2.24, 2.45) is 7.05 Å². The molecule has 0 radical (unpaired) electrons. The molecule has 0 aliphatic rings. The van der Waals surface area contributed by atoms with Crippen LogP contribution in [0.3, 0.4) is 0 Å². The first-order valence-electron chi connectivity index (χ1n) is 6.39. The fourth-order valence-corrected chi connectivity index (χ4v) is 1.89. The average molecular weight is 274 g/mol. The van der Waals surface area contributed by atoms with Crippen molar-refractivity contribution in [2.45, 2.75) is 12.5 Å². The number of rotatable bonds is 5. The number of carbonyl (C=O) groups excluding carboxylic acids is 1. The van der Waals surface area contributed by atoms with Gasteiger partial charge >= 0.3 is 6.03 Å². The molecule has 20 heavy (non-hydrogen) atoms. The van der Waals surface area contributed by atoms with Crippen molar-refractivity contribution >= 4 is 11.8 Å². The van der Waals surface area contributed by atoms with Gasteiger partial charge in [0.2, 0.25) is 0 Å². The van der Waals surface area contributed by atoms with Crippen molar-refractivity contribution in [3.8, 4) is 0 Å². The smallest absolute Gasteiger partial charge is 0.320 e. The van der Waals surface area contributed by atoms with E-state index in [2.05, 4.69) is 15.7 Å². The van der Waals surface area contributed by atoms with Gasteiger partial charge < -0.3 is 10.4 Å². The van der Waals surface area contributed by atoms with E-state index in [0.29, 0.717) is 12.2 Å². The van der Waals surface area contributed by atoms with Crippen molar-refractivity contribution in [2.75, 3.05) is 11.9 Å². The molecule has 0 unspecified atom stereocenters. The quantitative estimate of drug-likeness (QED) is 0.765. The summed E-state index contributed by atoms with van der Waals surface area (Å²) in [5.41, 5.74) is 1.06. The maximum atomic E-state index is 11.8. The number of carbonyl (C=O) groups is 1. The first-order chi connectivity index (χ1) is 9.69. The standard InChI is InChI=1S/C14H18N4O2/c1-18-13(7-8-15-18)17-14(20)16-12(10-19)9-11-5-3-2-4-6-11/h2-8,12,19H,9-10H2,1H3,(H2,16,17,20)/t12-/m0/s1. The van der Waals surface area contributed by atoms with Crippen molar-refractivity contribution in [3.05, 3.63) is 48.2 Å². The summed E-state index contributed by atoms with van der Waals surface area (Å²) in [5, 5.41) is 18.7. The molecule has 2 amide bonds. The minimum atomic E-state index is -0.358. The molecular weight excluding hydrogens is 256 g/mol. The molecule has 2 aromatic rings. The Labute approximate surface area is 117 Å². The van der Waals surface area contributed by atoms with Gasteiger partial charge in [-0.25, -0.2) is 4.79 Å². The molecule has 1 atom stereocenters. The third-order valence-electron chi connectivity index (χ3n) is 2.94. The first kappa shape index (κ1) is 14.1. The second-order valence-corrected chi connectivity index (χ2v) is 4.51. The molecule has 1 aromatic heterocycles. The maximum Gasteiger partial charge on any atom is 0.320 e. The van der Waals surface area contributed by atoms with Gasteiger partial charge in [-0.2, -0.15) is 5.10 Å². The van der Waals surface area contributed by atoms with Crippen LogP contribution in [-0.4, -0.2) is 33.6 Å². The van der Waals surface area contributed by atoms with E-state index in [1.54, 1.807) is 24.0 Å². The lowest BCUT2D eigenvalue weighted by Gasteiger charge is -2.17. The van der Waals surface area contributed by atoms with E-state index in [9.17, 15) is 9.90 Å². The zero-order valence-corrected chi connectivity index (χ0v) is 11.3. The van der Waals surface area contributed by atoms with Crippen LogP contribution in [0, 0.1) is 0 Å². The SMILES string of the molecule is Cn1nccc1NC(=O)N[C@H](CO)Cc1ccccc1. The molecule has 0 fully saturated rings. The highest BCUT2D eigenvalue weighted by Gasteiger charge is 2.13. The summed E-state index contributed by atoms with van der Waals surface area (Å²) in [7, 11) is 1.74. The van der Waals surface area contributed by atoms with E-state index in [4.69, 9.17) is 0 Å². The van der Waals surface area contributed by atoms with Gasteiger partial charge in [-0.05, 0) is 12.0 Å². The van der Waals surface area contributed by atoms with Gasteiger partial charge in [0.05, 0.1) is 18.8 Å². The Bertz CT molecular complexity index is 553. The zero-order chi connectivity index (χ0) is 14.4. The van der Waals surface area contributed by atoms with Gasteiger partial charge in [-0.3, -0.25) is 10.00 Å². The molecule has 0 bridgehead atoms. The number of nitrogens with zero attached hydrogens (tertiary/aromatic N) is 2. The Hall–Kier alpha value is -2.34. The summed E-state index contributed by atoms with van der Waals surface area (Å²) in [6.07, 6.45) is 2.18. The van der Waals surface area contributed by atoms with Crippen LogP contribution < -0.4 is 10.6 Å². The summed E-state index contributed by atoms with van der Waals surface area (Å²) in [4.78, 5) is 11.8. The highest BCUT2D eigenvalue weighted by molar-refractivity contribution is 5.88. The molecule has 0 saturated carbocycles. The molecule has 6 heteroatoms. The first-order valence-corrected chi connectivity index (χ1v) is 6.39. The predicted molar refractivity (Wildman–Crippen MR) is 76.4 cm³/mol. The lowest BCUT2D eigenvalue weighted by molar-refractivity contribution is 0.224. The molecule has 0 spiro atoms. The topological polar surface area (TPSA) is 79.2 Å². The molecule has 2 rings (SSSR count). The highest BCUT2D eigenvalue weighted by Crippen LogP contribution is 2.05. The molecule has 0 aliphatic heterocycles. The van der Waals surface area contributed by atoms with E-state index in [1.807, 2.05) is 30.3 Å². The largest absolute Gasteiger partial charge is 0.394 e. The van der Waals surface area contributed by atoms with Gasteiger partial charge in [0.25, 0.3) is 0 Å². The summed E-state index contributed by atoms with van der Waals surface area (Å²) < 4.78 is 1.56. The fraction of sp³-hybridized carbons (Fsp3) is 0.286. The number of anilines is 1. The Morgan fingerprint density at radius 3 is 2.70 bits per heavy atom. The van der Waals surface area contributed by atoms with E-state index >= 15 is 0 Å². The molecule has 0 aliphatic carbocycles. The van der Waals surface area contributed by atoms with Gasteiger partial charge in [0.1, 0.15) is 5.82 Å². The van der Waals surface area contributed by atoms with Crippen molar-refractivity contribution < 1.29 is 9.90 Å². The van der Waals surface area contributed by atoms with Gasteiger partial charge in [-0.1, -0.05) is 30.3 Å². The summed E-state index contributed by atoms with van der Waals surface area (Å²) in [6.45, 7) is -0.117. The molecule has 106 valence electrons. The van der Waals surface area contributed by atoms with Crippen molar-refractivity contribution in [3.63, 3.8) is 0 Å². The van der Waals surface area contributed by atoms with Crippen LogP contribution in [-0.2, 0) is 13.5 Å². The predicted octanol–water partition coefficient (Wildman–Crippen LogP) is 1.15. The number of hydrogen-bond donors (Lipinski definition) is 3. The number of nitrogens with one attached hydrogen (secondary N) is 2. The van der Waals surface area contributed by atoms with Gasteiger partial charge in [0, 0.05) is 13.1 Å². The number of aryl methyl sites for hydroxylation is 1. The molecule has 6 nitrogen and oxygen atoms in total. The molecule has 1 heterocycles.